The molecule has 0 radical (unpaired) electrons. The molecule has 3 aromatic carbocycles. The quantitative estimate of drug-likeness (QED) is 0.438. The fourth-order valence-electron chi connectivity index (χ4n) is 3.71. The SMILES string of the molecule is CCOc1ccccc1OC(c1ccccc1)C1CN(P(=O)(O)Oc2ccccc2)CCO1. The summed E-state index contributed by atoms with van der Waals surface area (Å²) in [4.78, 5) is 10.7. The highest BCUT2D eigenvalue weighted by Gasteiger charge is 2.40. The number of para-hydroxylation sites is 3. The van der Waals surface area contributed by atoms with Gasteiger partial charge in [-0.2, -0.15) is 4.67 Å². The van der Waals surface area contributed by atoms with Crippen molar-refractivity contribution in [3.63, 3.8) is 0 Å². The molecule has 0 aromatic heterocycles. The molecule has 174 valence electrons. The zero-order valence-electron chi connectivity index (χ0n) is 18.4. The molecule has 3 atom stereocenters. The lowest BCUT2D eigenvalue weighted by molar-refractivity contribution is -0.0682. The van der Waals surface area contributed by atoms with Gasteiger partial charge in [-0.3, -0.25) is 0 Å². The molecule has 1 N–H and O–H groups in total. The van der Waals surface area contributed by atoms with Crippen LogP contribution in [0.3, 0.4) is 0 Å². The molecule has 1 aliphatic rings. The molecule has 1 aliphatic heterocycles. The van der Waals surface area contributed by atoms with E-state index in [1.807, 2.05) is 67.6 Å². The molecule has 3 aromatic rings. The second-order valence-electron chi connectivity index (χ2n) is 7.55. The summed E-state index contributed by atoms with van der Waals surface area (Å²) in [5.74, 6) is 1.56. The second-order valence-corrected chi connectivity index (χ2v) is 9.28. The van der Waals surface area contributed by atoms with E-state index in [4.69, 9.17) is 18.7 Å². The van der Waals surface area contributed by atoms with Crippen LogP contribution < -0.4 is 14.0 Å². The molecular weight excluding hydrogens is 441 g/mol. The average molecular weight is 469 g/mol. The summed E-state index contributed by atoms with van der Waals surface area (Å²) in [6.07, 6.45) is -1.02. The predicted octanol–water partition coefficient (Wildman–Crippen LogP) is 5.09. The Hall–Kier alpha value is -2.83. The minimum Gasteiger partial charge on any atom is -0.490 e. The van der Waals surface area contributed by atoms with Gasteiger partial charge in [-0.05, 0) is 36.8 Å². The topological polar surface area (TPSA) is 77.5 Å². The predicted molar refractivity (Wildman–Crippen MR) is 126 cm³/mol. The normalized spacial score (nSPS) is 19.3. The van der Waals surface area contributed by atoms with Crippen LogP contribution in [0.2, 0.25) is 0 Å². The number of ether oxygens (including phenoxy) is 3. The molecule has 8 heteroatoms. The van der Waals surface area contributed by atoms with E-state index in [1.165, 1.54) is 4.67 Å². The van der Waals surface area contributed by atoms with Gasteiger partial charge >= 0.3 is 7.75 Å². The third-order valence-electron chi connectivity index (χ3n) is 5.27. The van der Waals surface area contributed by atoms with Crippen molar-refractivity contribution in [2.45, 2.75) is 19.1 Å². The van der Waals surface area contributed by atoms with Crippen molar-refractivity contribution < 1.29 is 28.2 Å². The Bertz CT molecular complexity index is 1060. The Morgan fingerprint density at radius 2 is 1.64 bits per heavy atom. The smallest absolute Gasteiger partial charge is 0.458 e. The summed E-state index contributed by atoms with van der Waals surface area (Å²) in [6.45, 7) is 3.13. The fraction of sp³-hybridized carbons (Fsp3) is 0.280. The monoisotopic (exact) mass is 469 g/mol. The lowest BCUT2D eigenvalue weighted by atomic mass is 10.0. The van der Waals surface area contributed by atoms with Crippen molar-refractivity contribution in [2.75, 3.05) is 26.3 Å². The maximum absolute atomic E-state index is 13.1. The van der Waals surface area contributed by atoms with Crippen LogP contribution >= 0.6 is 7.75 Å². The van der Waals surface area contributed by atoms with Crippen molar-refractivity contribution in [2.24, 2.45) is 0 Å². The molecule has 4 rings (SSSR count). The standard InChI is InChI=1S/C25H28NO6P/c1-2-29-22-15-9-10-16-23(22)31-25(20-11-5-3-6-12-20)24-19-26(17-18-30-24)33(27,28)32-21-13-7-4-8-14-21/h3-16,24-25H,2,17-19H2,1H3,(H,27,28). The van der Waals surface area contributed by atoms with Gasteiger partial charge in [-0.15, -0.1) is 0 Å². The van der Waals surface area contributed by atoms with Gasteiger partial charge < -0.3 is 23.6 Å². The Morgan fingerprint density at radius 3 is 2.33 bits per heavy atom. The maximum atomic E-state index is 13.1. The van der Waals surface area contributed by atoms with Crippen LogP contribution in [0.1, 0.15) is 18.6 Å². The molecule has 1 saturated heterocycles. The number of benzene rings is 3. The first-order valence-electron chi connectivity index (χ1n) is 10.9. The van der Waals surface area contributed by atoms with Crippen LogP contribution in [-0.4, -0.2) is 42.0 Å². The zero-order valence-corrected chi connectivity index (χ0v) is 19.3. The number of hydrogen-bond acceptors (Lipinski definition) is 5. The molecule has 3 unspecified atom stereocenters. The van der Waals surface area contributed by atoms with Crippen LogP contribution in [0.15, 0.2) is 84.9 Å². The third-order valence-corrected chi connectivity index (χ3v) is 6.79. The largest absolute Gasteiger partial charge is 0.490 e. The van der Waals surface area contributed by atoms with Gasteiger partial charge in [0, 0.05) is 13.1 Å². The van der Waals surface area contributed by atoms with Crippen LogP contribution in [0, 0.1) is 0 Å². The molecule has 7 nitrogen and oxygen atoms in total. The van der Waals surface area contributed by atoms with Gasteiger partial charge in [0.15, 0.2) is 17.6 Å². The van der Waals surface area contributed by atoms with Crippen molar-refractivity contribution >= 4 is 7.75 Å². The maximum Gasteiger partial charge on any atom is 0.458 e. The number of nitrogens with zero attached hydrogens (tertiary/aromatic N) is 1. The molecule has 33 heavy (non-hydrogen) atoms. The Labute approximate surface area is 194 Å². The van der Waals surface area contributed by atoms with E-state index in [0.717, 1.165) is 5.56 Å². The number of morpholine rings is 1. The van der Waals surface area contributed by atoms with Crippen molar-refractivity contribution in [3.8, 4) is 17.2 Å². The van der Waals surface area contributed by atoms with Crippen LogP contribution in [0.5, 0.6) is 17.2 Å². The number of rotatable bonds is 9. The van der Waals surface area contributed by atoms with Crippen LogP contribution in [0.4, 0.5) is 0 Å². The van der Waals surface area contributed by atoms with E-state index < -0.39 is 20.0 Å². The first-order valence-corrected chi connectivity index (χ1v) is 12.5. The molecule has 0 amide bonds. The highest BCUT2D eigenvalue weighted by atomic mass is 31.2. The first-order chi connectivity index (χ1) is 16.1. The van der Waals surface area contributed by atoms with Gasteiger partial charge in [0.2, 0.25) is 0 Å². The molecule has 1 heterocycles. The average Bonchev–Trinajstić information content (AvgIpc) is 2.85. The summed E-state index contributed by atoms with van der Waals surface area (Å²) in [5.41, 5.74) is 0.896. The van der Waals surface area contributed by atoms with E-state index in [0.29, 0.717) is 23.9 Å². The Kier molecular flexibility index (Phi) is 7.68. The van der Waals surface area contributed by atoms with Crippen molar-refractivity contribution in [3.05, 3.63) is 90.5 Å². The summed E-state index contributed by atoms with van der Waals surface area (Å²) in [7, 11) is -4.09. The van der Waals surface area contributed by atoms with Gasteiger partial charge in [-0.25, -0.2) is 4.57 Å². The molecule has 1 fully saturated rings. The summed E-state index contributed by atoms with van der Waals surface area (Å²) < 4.78 is 38.2. The van der Waals surface area contributed by atoms with Gasteiger partial charge in [0.25, 0.3) is 0 Å². The van der Waals surface area contributed by atoms with Crippen molar-refractivity contribution in [1.82, 2.24) is 4.67 Å². The highest BCUT2D eigenvalue weighted by Crippen LogP contribution is 2.48. The fourth-order valence-corrected chi connectivity index (χ4v) is 4.92. The van der Waals surface area contributed by atoms with E-state index in [-0.39, 0.29) is 19.7 Å². The van der Waals surface area contributed by atoms with E-state index in [9.17, 15) is 9.46 Å². The lowest BCUT2D eigenvalue weighted by Crippen LogP contribution is -2.45. The molecule has 0 spiro atoms. The molecule has 0 saturated carbocycles. The van der Waals surface area contributed by atoms with Crippen molar-refractivity contribution in [1.29, 1.82) is 0 Å². The minimum absolute atomic E-state index is 0.164. The lowest BCUT2D eigenvalue weighted by Gasteiger charge is -2.38. The summed E-state index contributed by atoms with van der Waals surface area (Å²) in [5, 5.41) is 0. The van der Waals surface area contributed by atoms with E-state index >= 15 is 0 Å². The van der Waals surface area contributed by atoms with Gasteiger partial charge in [0.05, 0.1) is 13.2 Å². The van der Waals surface area contributed by atoms with Crippen LogP contribution in [-0.2, 0) is 9.30 Å². The molecule has 0 bridgehead atoms. The third kappa shape index (κ3) is 5.95. The van der Waals surface area contributed by atoms with E-state index in [1.54, 1.807) is 24.3 Å². The second kappa shape index (κ2) is 10.9. The summed E-state index contributed by atoms with van der Waals surface area (Å²) >= 11 is 0. The Morgan fingerprint density at radius 1 is 1.00 bits per heavy atom. The van der Waals surface area contributed by atoms with Crippen LogP contribution in [0.25, 0.3) is 0 Å². The van der Waals surface area contributed by atoms with Gasteiger partial charge in [-0.1, -0.05) is 60.7 Å². The van der Waals surface area contributed by atoms with E-state index in [2.05, 4.69) is 0 Å². The molecular formula is C25H28NO6P. The first kappa shape index (κ1) is 23.3. The summed E-state index contributed by atoms with van der Waals surface area (Å²) in [6, 6.07) is 25.8. The van der Waals surface area contributed by atoms with Gasteiger partial charge in [0.1, 0.15) is 11.9 Å². The minimum atomic E-state index is -4.09. The zero-order chi connectivity index (χ0) is 23.1. The number of hydrogen-bond donors (Lipinski definition) is 1. The Balaban J connectivity index is 1.58. The molecule has 0 aliphatic carbocycles. The highest BCUT2D eigenvalue weighted by molar-refractivity contribution is 7.50.